The number of halogens is 3. The first-order chi connectivity index (χ1) is 17.2. The minimum Gasteiger partial charge on any atom is -0.482 e. The first-order valence-corrected chi connectivity index (χ1v) is 13.0. The van der Waals surface area contributed by atoms with Gasteiger partial charge in [0.25, 0.3) is 0 Å². The molecule has 0 aromatic heterocycles. The number of aliphatic hydroxyl groups excluding tert-OH is 2. The zero-order valence-electron chi connectivity index (χ0n) is 19.5. The van der Waals surface area contributed by atoms with Crippen molar-refractivity contribution in [1.29, 1.82) is 0 Å². The Morgan fingerprint density at radius 2 is 1.97 bits per heavy atom. The molecule has 0 saturated carbocycles. The van der Waals surface area contributed by atoms with E-state index in [1.165, 1.54) is 12.0 Å². The van der Waals surface area contributed by atoms with Crippen LogP contribution in [0.25, 0.3) is 0 Å². The Kier molecular flexibility index (Phi) is 10.8. The lowest BCUT2D eigenvalue weighted by Crippen LogP contribution is -2.55. The third-order valence-electron chi connectivity index (χ3n) is 5.66. The van der Waals surface area contributed by atoms with Gasteiger partial charge in [0, 0.05) is 42.2 Å². The molecule has 0 heterocycles. The number of carbonyl (C=O) groups is 2. The summed E-state index contributed by atoms with van der Waals surface area (Å²) in [6, 6.07) is 11.4. The van der Waals surface area contributed by atoms with Crippen LogP contribution in [-0.4, -0.2) is 72.0 Å². The zero-order chi connectivity index (χ0) is 26.2. The fourth-order valence-corrected chi connectivity index (χ4v) is 4.88. The molecule has 0 unspecified atom stereocenters. The molecule has 36 heavy (non-hydrogen) atoms. The van der Waals surface area contributed by atoms with Crippen LogP contribution in [0.4, 0.5) is 0 Å². The highest BCUT2D eigenvalue weighted by Crippen LogP contribution is 2.31. The van der Waals surface area contributed by atoms with Gasteiger partial charge in [-0.3, -0.25) is 9.59 Å². The van der Waals surface area contributed by atoms with Gasteiger partial charge in [-0.25, -0.2) is 0 Å². The molecule has 2 amide bonds. The monoisotopic (exact) mass is 648 g/mol. The molecule has 0 bridgehead atoms. The highest BCUT2D eigenvalue weighted by atomic mass is 127. The standard InChI is InChI=1S/C25H27Cl2IN2O6/c1-35-14-23(32)30(13-15-6-7-17(26)12-18(15)27)20-10-16(25(34)29-8-9-31)11-22(24(20)33)36-21-5-3-2-4-19(21)28/h2-7,11-12,20,22,24,31,33H,8-10,13-14H2,1H3,(H,29,34)/t20-,22+,24+/m1/s1. The molecule has 3 rings (SSSR count). The van der Waals surface area contributed by atoms with Crippen LogP contribution in [0.3, 0.4) is 0 Å². The quantitative estimate of drug-likeness (QED) is 0.342. The number of ether oxygens (including phenoxy) is 2. The Balaban J connectivity index is 1.99. The van der Waals surface area contributed by atoms with Gasteiger partial charge in [0.05, 0.1) is 16.2 Å². The average Bonchev–Trinajstić information content (AvgIpc) is 2.85. The van der Waals surface area contributed by atoms with E-state index in [-0.39, 0.29) is 32.7 Å². The number of hydrogen-bond donors (Lipinski definition) is 3. The summed E-state index contributed by atoms with van der Waals surface area (Å²) in [4.78, 5) is 27.5. The zero-order valence-corrected chi connectivity index (χ0v) is 23.2. The van der Waals surface area contributed by atoms with Crippen molar-refractivity contribution in [1.82, 2.24) is 10.2 Å². The predicted octanol–water partition coefficient (Wildman–Crippen LogP) is 3.19. The number of nitrogens with one attached hydrogen (secondary N) is 1. The van der Waals surface area contributed by atoms with Crippen molar-refractivity contribution in [3.05, 3.63) is 73.3 Å². The molecule has 2 aromatic rings. The van der Waals surface area contributed by atoms with Gasteiger partial charge in [-0.1, -0.05) is 41.4 Å². The van der Waals surface area contributed by atoms with Crippen molar-refractivity contribution in [3.8, 4) is 5.75 Å². The summed E-state index contributed by atoms with van der Waals surface area (Å²) in [5, 5.41) is 24.0. The first-order valence-electron chi connectivity index (χ1n) is 11.2. The van der Waals surface area contributed by atoms with Gasteiger partial charge in [-0.15, -0.1) is 0 Å². The van der Waals surface area contributed by atoms with Crippen molar-refractivity contribution < 1.29 is 29.3 Å². The summed E-state index contributed by atoms with van der Waals surface area (Å²) in [7, 11) is 1.40. The topological polar surface area (TPSA) is 108 Å². The predicted molar refractivity (Wildman–Crippen MR) is 145 cm³/mol. The first kappa shape index (κ1) is 28.7. The molecule has 1 aliphatic carbocycles. The van der Waals surface area contributed by atoms with Crippen LogP contribution in [0, 0.1) is 3.57 Å². The lowest BCUT2D eigenvalue weighted by Gasteiger charge is -2.40. The highest BCUT2D eigenvalue weighted by Gasteiger charge is 2.40. The summed E-state index contributed by atoms with van der Waals surface area (Å²) in [6.07, 6.45) is -0.467. The van der Waals surface area contributed by atoms with Gasteiger partial charge in [0.15, 0.2) is 0 Å². The maximum absolute atomic E-state index is 13.2. The number of hydrogen-bond acceptors (Lipinski definition) is 6. The Bertz CT molecular complexity index is 1120. The minimum absolute atomic E-state index is 0.0566. The van der Waals surface area contributed by atoms with Gasteiger partial charge in [-0.2, -0.15) is 0 Å². The van der Waals surface area contributed by atoms with E-state index in [2.05, 4.69) is 27.9 Å². The number of nitrogens with zero attached hydrogens (tertiary/aromatic N) is 1. The fraction of sp³-hybridized carbons (Fsp3) is 0.360. The molecule has 11 heteroatoms. The second kappa shape index (κ2) is 13.6. The molecule has 1 aliphatic rings. The largest absolute Gasteiger partial charge is 0.482 e. The van der Waals surface area contributed by atoms with Gasteiger partial charge in [0.1, 0.15) is 24.6 Å². The number of amides is 2. The Morgan fingerprint density at radius 1 is 1.22 bits per heavy atom. The van der Waals surface area contributed by atoms with Crippen molar-refractivity contribution >= 4 is 57.6 Å². The Labute approximate surface area is 233 Å². The maximum Gasteiger partial charge on any atom is 0.249 e. The van der Waals surface area contributed by atoms with Crippen LogP contribution < -0.4 is 10.1 Å². The molecule has 2 aromatic carbocycles. The third-order valence-corrected chi connectivity index (χ3v) is 7.14. The smallest absolute Gasteiger partial charge is 0.249 e. The van der Waals surface area contributed by atoms with E-state index < -0.39 is 30.1 Å². The van der Waals surface area contributed by atoms with Crippen LogP contribution in [-0.2, 0) is 20.9 Å². The number of benzene rings is 2. The SMILES string of the molecule is COCC(=O)N(Cc1ccc(Cl)cc1Cl)[C@@H]1CC(C(=O)NCCO)=C[C@H](Oc2ccccc2I)[C@H]1O. The van der Waals surface area contributed by atoms with Gasteiger partial charge < -0.3 is 29.9 Å². The van der Waals surface area contributed by atoms with Crippen LogP contribution in [0.5, 0.6) is 5.75 Å². The lowest BCUT2D eigenvalue weighted by molar-refractivity contribution is -0.143. The van der Waals surface area contributed by atoms with Crippen LogP contribution in [0.1, 0.15) is 12.0 Å². The number of methoxy groups -OCH3 is 1. The van der Waals surface area contributed by atoms with Crippen molar-refractivity contribution in [3.63, 3.8) is 0 Å². The van der Waals surface area contributed by atoms with Gasteiger partial charge >= 0.3 is 0 Å². The molecule has 0 fully saturated rings. The van der Waals surface area contributed by atoms with E-state index in [1.54, 1.807) is 36.4 Å². The molecule has 194 valence electrons. The van der Waals surface area contributed by atoms with Crippen LogP contribution in [0.15, 0.2) is 54.1 Å². The van der Waals surface area contributed by atoms with Crippen molar-refractivity contribution in [2.45, 2.75) is 31.2 Å². The van der Waals surface area contributed by atoms with Gasteiger partial charge in [-0.05, 0) is 58.5 Å². The van der Waals surface area contributed by atoms with E-state index in [0.29, 0.717) is 26.9 Å². The normalized spacial score (nSPS) is 19.4. The molecular weight excluding hydrogens is 622 g/mol. The molecular formula is C25H27Cl2IN2O6. The number of aliphatic hydroxyl groups is 2. The third kappa shape index (κ3) is 7.33. The molecule has 3 N–H and O–H groups in total. The number of carbonyl (C=O) groups excluding carboxylic acids is 2. The van der Waals surface area contributed by atoms with Gasteiger partial charge in [0.2, 0.25) is 11.8 Å². The minimum atomic E-state index is -1.16. The molecule has 0 saturated heterocycles. The van der Waals surface area contributed by atoms with E-state index in [0.717, 1.165) is 3.57 Å². The van der Waals surface area contributed by atoms with Crippen molar-refractivity contribution in [2.24, 2.45) is 0 Å². The lowest BCUT2D eigenvalue weighted by atomic mass is 9.88. The van der Waals surface area contributed by atoms with Crippen LogP contribution >= 0.6 is 45.8 Å². The van der Waals surface area contributed by atoms with E-state index in [9.17, 15) is 14.7 Å². The van der Waals surface area contributed by atoms with Crippen molar-refractivity contribution in [2.75, 3.05) is 26.9 Å². The number of para-hydroxylation sites is 1. The molecule has 3 atom stereocenters. The second-order valence-corrected chi connectivity index (χ2v) is 10.1. The maximum atomic E-state index is 13.2. The summed E-state index contributed by atoms with van der Waals surface area (Å²) in [5.74, 6) is -0.275. The van der Waals surface area contributed by atoms with E-state index in [1.807, 2.05) is 12.1 Å². The summed E-state index contributed by atoms with van der Waals surface area (Å²) in [5.41, 5.74) is 0.945. The second-order valence-electron chi connectivity index (χ2n) is 8.14. The summed E-state index contributed by atoms with van der Waals surface area (Å²) < 4.78 is 12.0. The molecule has 0 aliphatic heterocycles. The molecule has 0 radical (unpaired) electrons. The Hall–Kier alpha value is -1.89. The summed E-state index contributed by atoms with van der Waals surface area (Å²) >= 11 is 14.5. The molecule has 8 nitrogen and oxygen atoms in total. The summed E-state index contributed by atoms with van der Waals surface area (Å²) in [6.45, 7) is -0.327. The highest BCUT2D eigenvalue weighted by molar-refractivity contribution is 14.1. The molecule has 0 spiro atoms. The van der Waals surface area contributed by atoms with E-state index in [4.69, 9.17) is 37.8 Å². The fourth-order valence-electron chi connectivity index (χ4n) is 3.90. The number of rotatable bonds is 10. The van der Waals surface area contributed by atoms with Crippen LogP contribution in [0.2, 0.25) is 10.0 Å². The average molecular weight is 649 g/mol. The Morgan fingerprint density at radius 3 is 2.64 bits per heavy atom. The van der Waals surface area contributed by atoms with E-state index >= 15 is 0 Å².